The van der Waals surface area contributed by atoms with Crippen molar-refractivity contribution in [2.75, 3.05) is 31.2 Å². The number of rotatable bonds is 7. The van der Waals surface area contributed by atoms with Crippen LogP contribution in [0, 0.1) is 0 Å². The van der Waals surface area contributed by atoms with E-state index in [-0.39, 0.29) is 5.91 Å². The summed E-state index contributed by atoms with van der Waals surface area (Å²) in [5, 5.41) is 3.08. The van der Waals surface area contributed by atoms with Gasteiger partial charge in [-0.15, -0.1) is 0 Å². The Kier molecular flexibility index (Phi) is 6.78. The molecule has 4 nitrogen and oxygen atoms in total. The van der Waals surface area contributed by atoms with Crippen LogP contribution in [0.15, 0.2) is 78.9 Å². The second-order valence-corrected chi connectivity index (χ2v) is 7.59. The van der Waals surface area contributed by atoms with Gasteiger partial charge in [-0.25, -0.2) is 0 Å². The van der Waals surface area contributed by atoms with E-state index in [1.165, 1.54) is 11.3 Å². The molecule has 1 N–H and O–H groups in total. The van der Waals surface area contributed by atoms with Crippen molar-refractivity contribution in [3.63, 3.8) is 0 Å². The van der Waals surface area contributed by atoms with Gasteiger partial charge in [0.2, 0.25) is 0 Å². The van der Waals surface area contributed by atoms with E-state index in [1.807, 2.05) is 24.3 Å². The van der Waals surface area contributed by atoms with Gasteiger partial charge in [0.05, 0.1) is 13.2 Å². The molecule has 0 radical (unpaired) electrons. The summed E-state index contributed by atoms with van der Waals surface area (Å²) in [4.78, 5) is 15.2. The lowest BCUT2D eigenvalue weighted by Crippen LogP contribution is -2.36. The number of ether oxygens (including phenoxy) is 1. The Morgan fingerprint density at radius 1 is 0.800 bits per heavy atom. The van der Waals surface area contributed by atoms with Gasteiger partial charge < -0.3 is 15.0 Å². The molecule has 1 aliphatic rings. The maximum Gasteiger partial charge on any atom is 0.251 e. The van der Waals surface area contributed by atoms with Gasteiger partial charge in [0.15, 0.2) is 0 Å². The summed E-state index contributed by atoms with van der Waals surface area (Å²) in [7, 11) is 0. The van der Waals surface area contributed by atoms with Crippen LogP contribution in [0.4, 0.5) is 5.69 Å². The summed E-state index contributed by atoms with van der Waals surface area (Å²) in [6.07, 6.45) is 1.77. The van der Waals surface area contributed by atoms with Crippen molar-refractivity contribution < 1.29 is 9.53 Å². The number of nitrogens with one attached hydrogen (secondary N) is 1. The van der Waals surface area contributed by atoms with Gasteiger partial charge in [-0.1, -0.05) is 60.7 Å². The van der Waals surface area contributed by atoms with Crippen LogP contribution < -0.4 is 10.2 Å². The number of nitrogens with zero attached hydrogens (tertiary/aromatic N) is 1. The first-order chi connectivity index (χ1) is 14.8. The van der Waals surface area contributed by atoms with Crippen molar-refractivity contribution in [2.24, 2.45) is 0 Å². The smallest absolute Gasteiger partial charge is 0.251 e. The molecular formula is C26H28N2O2. The molecule has 1 fully saturated rings. The predicted molar refractivity (Wildman–Crippen MR) is 121 cm³/mol. The fraction of sp³-hybridized carbons (Fsp3) is 0.269. The number of carbonyl (C=O) groups excluding carboxylic acids is 1. The molecule has 3 aromatic carbocycles. The summed E-state index contributed by atoms with van der Waals surface area (Å²) in [6, 6.07) is 26.7. The van der Waals surface area contributed by atoms with Gasteiger partial charge in [0.1, 0.15) is 0 Å². The Morgan fingerprint density at radius 2 is 1.50 bits per heavy atom. The first-order valence-electron chi connectivity index (χ1n) is 10.6. The number of hydrogen-bond donors (Lipinski definition) is 1. The van der Waals surface area contributed by atoms with Crippen molar-refractivity contribution in [2.45, 2.75) is 19.4 Å². The number of anilines is 1. The highest BCUT2D eigenvalue weighted by Gasteiger charge is 2.12. The van der Waals surface area contributed by atoms with Crippen LogP contribution in [0.25, 0.3) is 0 Å². The molecule has 154 valence electrons. The lowest BCUT2D eigenvalue weighted by atomic mass is 9.99. The van der Waals surface area contributed by atoms with E-state index in [1.54, 1.807) is 0 Å². The van der Waals surface area contributed by atoms with Crippen molar-refractivity contribution in [1.82, 2.24) is 5.32 Å². The van der Waals surface area contributed by atoms with Gasteiger partial charge in [-0.2, -0.15) is 0 Å². The minimum Gasteiger partial charge on any atom is -0.378 e. The van der Waals surface area contributed by atoms with Crippen molar-refractivity contribution in [3.05, 3.63) is 101 Å². The maximum absolute atomic E-state index is 12.8. The summed E-state index contributed by atoms with van der Waals surface area (Å²) >= 11 is 0. The molecule has 0 atom stereocenters. The Morgan fingerprint density at radius 3 is 2.27 bits per heavy atom. The fourth-order valence-electron chi connectivity index (χ4n) is 3.81. The summed E-state index contributed by atoms with van der Waals surface area (Å²) in [6.45, 7) is 3.93. The molecule has 4 rings (SSSR count). The van der Waals surface area contributed by atoms with Crippen molar-refractivity contribution in [1.29, 1.82) is 0 Å². The normalized spacial score (nSPS) is 13.8. The first kappa shape index (κ1) is 20.2. The average molecular weight is 401 g/mol. The molecule has 0 unspecified atom stereocenters. The topological polar surface area (TPSA) is 41.6 Å². The minimum atomic E-state index is -0.0177. The fourth-order valence-corrected chi connectivity index (χ4v) is 3.81. The first-order valence-corrected chi connectivity index (χ1v) is 10.6. The summed E-state index contributed by atoms with van der Waals surface area (Å²) in [5.41, 5.74) is 5.44. The number of morpholine rings is 1. The van der Waals surface area contributed by atoms with Crippen LogP contribution in [-0.4, -0.2) is 32.2 Å². The predicted octanol–water partition coefficient (Wildman–Crippen LogP) is 4.24. The lowest BCUT2D eigenvalue weighted by molar-refractivity contribution is 0.0950. The van der Waals surface area contributed by atoms with Crippen molar-refractivity contribution in [3.8, 4) is 0 Å². The third kappa shape index (κ3) is 5.28. The molecule has 0 spiro atoms. The molecule has 0 saturated carbocycles. The lowest BCUT2D eigenvalue weighted by Gasteiger charge is -2.28. The highest BCUT2D eigenvalue weighted by atomic mass is 16.5. The number of aryl methyl sites for hydroxylation is 2. The number of amides is 1. The van der Waals surface area contributed by atoms with E-state index in [4.69, 9.17) is 4.74 Å². The Hall–Kier alpha value is -3.11. The molecule has 1 saturated heterocycles. The molecule has 0 bridgehead atoms. The molecule has 3 aromatic rings. The molecule has 1 aliphatic heterocycles. The Balaban J connectivity index is 1.35. The van der Waals surface area contributed by atoms with Crippen LogP contribution in [-0.2, 0) is 24.1 Å². The zero-order valence-corrected chi connectivity index (χ0v) is 17.2. The minimum absolute atomic E-state index is 0.0177. The third-order valence-corrected chi connectivity index (χ3v) is 5.55. The molecule has 0 aromatic heterocycles. The molecule has 4 heteroatoms. The maximum atomic E-state index is 12.8. The highest BCUT2D eigenvalue weighted by Crippen LogP contribution is 2.17. The van der Waals surface area contributed by atoms with E-state index < -0.39 is 0 Å². The zero-order chi connectivity index (χ0) is 20.6. The zero-order valence-electron chi connectivity index (χ0n) is 17.2. The SMILES string of the molecule is O=C(NCc1ccc(N2CCOCC2)cc1)c1ccccc1CCc1ccccc1. The van der Waals surface area contributed by atoms with E-state index >= 15 is 0 Å². The van der Waals surface area contributed by atoms with Gasteiger partial charge in [0.25, 0.3) is 5.91 Å². The van der Waals surface area contributed by atoms with Crippen LogP contribution in [0.3, 0.4) is 0 Å². The van der Waals surface area contributed by atoms with Gasteiger partial charge in [0, 0.05) is 30.9 Å². The number of carbonyl (C=O) groups is 1. The van der Waals surface area contributed by atoms with Gasteiger partial charge in [-0.3, -0.25) is 4.79 Å². The van der Waals surface area contributed by atoms with E-state index in [0.29, 0.717) is 6.54 Å². The highest BCUT2D eigenvalue weighted by molar-refractivity contribution is 5.95. The molecule has 1 amide bonds. The van der Waals surface area contributed by atoms with Crippen LogP contribution >= 0.6 is 0 Å². The van der Waals surface area contributed by atoms with Gasteiger partial charge in [-0.05, 0) is 47.7 Å². The van der Waals surface area contributed by atoms with Crippen LogP contribution in [0.2, 0.25) is 0 Å². The number of hydrogen-bond acceptors (Lipinski definition) is 3. The van der Waals surface area contributed by atoms with Crippen LogP contribution in [0.1, 0.15) is 27.0 Å². The van der Waals surface area contributed by atoms with Gasteiger partial charge >= 0.3 is 0 Å². The molecular weight excluding hydrogens is 372 g/mol. The van der Waals surface area contributed by atoms with E-state index in [0.717, 1.165) is 55.8 Å². The summed E-state index contributed by atoms with van der Waals surface area (Å²) < 4.78 is 5.41. The Labute approximate surface area is 178 Å². The molecule has 1 heterocycles. The second-order valence-electron chi connectivity index (χ2n) is 7.59. The quantitative estimate of drug-likeness (QED) is 0.645. The summed E-state index contributed by atoms with van der Waals surface area (Å²) in [5.74, 6) is -0.0177. The standard InChI is InChI=1S/C26H28N2O2/c29-26(25-9-5-4-8-23(25)13-10-21-6-2-1-3-7-21)27-20-22-11-14-24(15-12-22)28-16-18-30-19-17-28/h1-9,11-12,14-15H,10,13,16-20H2,(H,27,29). The second kappa shape index (κ2) is 10.1. The molecule has 30 heavy (non-hydrogen) atoms. The third-order valence-electron chi connectivity index (χ3n) is 5.55. The van der Waals surface area contributed by atoms with E-state index in [9.17, 15) is 4.79 Å². The molecule has 0 aliphatic carbocycles. The number of benzene rings is 3. The van der Waals surface area contributed by atoms with Crippen LogP contribution in [0.5, 0.6) is 0 Å². The average Bonchev–Trinajstić information content (AvgIpc) is 2.83. The largest absolute Gasteiger partial charge is 0.378 e. The van der Waals surface area contributed by atoms with Crippen molar-refractivity contribution >= 4 is 11.6 Å². The Bertz CT molecular complexity index is 948. The monoisotopic (exact) mass is 400 g/mol. The van der Waals surface area contributed by atoms with E-state index in [2.05, 4.69) is 64.8 Å².